The summed E-state index contributed by atoms with van der Waals surface area (Å²) in [5.41, 5.74) is 8.48. The zero-order chi connectivity index (χ0) is 27.4. The van der Waals surface area contributed by atoms with Crippen LogP contribution < -0.4 is 4.90 Å². The Labute approximate surface area is 239 Å². The molecule has 0 N–H and O–H groups in total. The van der Waals surface area contributed by atoms with Crippen molar-refractivity contribution < 1.29 is 0 Å². The molecule has 0 aromatic heterocycles. The molecular weight excluding hydrogens is 482 g/mol. The zero-order valence-electron chi connectivity index (χ0n) is 23.0. The van der Waals surface area contributed by atoms with Crippen molar-refractivity contribution >= 4 is 29.6 Å². The Balaban J connectivity index is 1.28. The lowest BCUT2D eigenvalue weighted by molar-refractivity contribution is 0.781. The van der Waals surface area contributed by atoms with Gasteiger partial charge in [-0.25, -0.2) is 0 Å². The highest BCUT2D eigenvalue weighted by molar-refractivity contribution is 5.68. The molecule has 196 valence electrons. The van der Waals surface area contributed by atoms with E-state index in [0.29, 0.717) is 0 Å². The largest absolute Gasteiger partial charge is 0.334 e. The lowest BCUT2D eigenvalue weighted by Crippen LogP contribution is -2.30. The molecule has 0 bridgehead atoms. The van der Waals surface area contributed by atoms with E-state index in [-0.39, 0.29) is 6.04 Å². The summed E-state index contributed by atoms with van der Waals surface area (Å²) in [6.07, 6.45) is 24.8. The van der Waals surface area contributed by atoms with Gasteiger partial charge in [0.05, 0.1) is 6.04 Å². The van der Waals surface area contributed by atoms with Gasteiger partial charge in [0, 0.05) is 11.4 Å². The molecule has 0 spiro atoms. The normalized spacial score (nSPS) is 15.4. The highest BCUT2D eigenvalue weighted by Gasteiger charge is 2.19. The van der Waals surface area contributed by atoms with E-state index in [1.807, 2.05) is 12.1 Å². The first-order chi connectivity index (χ1) is 19.7. The fourth-order valence-electron chi connectivity index (χ4n) is 4.72. The summed E-state index contributed by atoms with van der Waals surface area (Å²) in [6, 6.07) is 38.6. The van der Waals surface area contributed by atoms with Gasteiger partial charge >= 0.3 is 0 Å². The van der Waals surface area contributed by atoms with Crippen molar-refractivity contribution in [1.82, 2.24) is 0 Å². The van der Waals surface area contributed by atoms with Crippen LogP contribution in [0.3, 0.4) is 0 Å². The highest BCUT2D eigenvalue weighted by Crippen LogP contribution is 2.32. The number of nitrogens with zero attached hydrogens (tertiary/aromatic N) is 1. The SMILES string of the molecule is Cc1ccc(N(c2ccc(C=CC=Cc3ccccc3)cc2)C2C=CC(C=CC=Cc3ccccc3)=CC2)cc1. The zero-order valence-corrected chi connectivity index (χ0v) is 23.0. The molecule has 1 aliphatic rings. The van der Waals surface area contributed by atoms with Crippen molar-refractivity contribution in [3.63, 3.8) is 0 Å². The summed E-state index contributed by atoms with van der Waals surface area (Å²) in [5, 5.41) is 0. The molecule has 0 saturated heterocycles. The lowest BCUT2D eigenvalue weighted by Gasteiger charge is -2.33. The van der Waals surface area contributed by atoms with Gasteiger partial charge in [-0.1, -0.05) is 157 Å². The van der Waals surface area contributed by atoms with Gasteiger partial charge in [0.2, 0.25) is 0 Å². The second-order valence-electron chi connectivity index (χ2n) is 9.92. The summed E-state index contributed by atoms with van der Waals surface area (Å²) >= 11 is 0. The summed E-state index contributed by atoms with van der Waals surface area (Å²) in [7, 11) is 0. The van der Waals surface area contributed by atoms with Gasteiger partial charge in [0.1, 0.15) is 0 Å². The Hall–Kier alpha value is -4.88. The molecule has 1 heteroatoms. The number of anilines is 2. The van der Waals surface area contributed by atoms with E-state index in [2.05, 4.69) is 176 Å². The van der Waals surface area contributed by atoms with Gasteiger partial charge in [-0.3, -0.25) is 0 Å². The summed E-state index contributed by atoms with van der Waals surface area (Å²) in [5.74, 6) is 0. The molecule has 4 aromatic rings. The standard InChI is InChI=1S/C39H35N/c1-32-20-26-37(27-21-32)40(38-28-22-35(23-29-38)18-10-8-16-33-12-4-2-5-13-33)39-30-24-36(25-31-39)19-11-9-17-34-14-6-3-7-15-34/h2-30,39H,31H2,1H3. The van der Waals surface area contributed by atoms with E-state index in [0.717, 1.165) is 6.42 Å². The van der Waals surface area contributed by atoms with Crippen LogP contribution in [0.25, 0.3) is 18.2 Å². The van der Waals surface area contributed by atoms with Crippen LogP contribution in [0.2, 0.25) is 0 Å². The third kappa shape index (κ3) is 7.58. The highest BCUT2D eigenvalue weighted by atomic mass is 15.2. The maximum Gasteiger partial charge on any atom is 0.0560 e. The first-order valence-corrected chi connectivity index (χ1v) is 13.9. The number of hydrogen-bond donors (Lipinski definition) is 0. The van der Waals surface area contributed by atoms with Crippen LogP contribution in [0, 0.1) is 6.92 Å². The topological polar surface area (TPSA) is 3.24 Å². The van der Waals surface area contributed by atoms with E-state index in [4.69, 9.17) is 0 Å². The van der Waals surface area contributed by atoms with Crippen LogP contribution >= 0.6 is 0 Å². The van der Waals surface area contributed by atoms with Gasteiger partial charge in [0.25, 0.3) is 0 Å². The van der Waals surface area contributed by atoms with Crippen LogP contribution in [0.4, 0.5) is 11.4 Å². The van der Waals surface area contributed by atoms with Crippen LogP contribution in [0.15, 0.2) is 163 Å². The molecule has 40 heavy (non-hydrogen) atoms. The second-order valence-corrected chi connectivity index (χ2v) is 9.92. The monoisotopic (exact) mass is 517 g/mol. The molecule has 4 aromatic carbocycles. The summed E-state index contributed by atoms with van der Waals surface area (Å²) in [6.45, 7) is 2.13. The fourth-order valence-corrected chi connectivity index (χ4v) is 4.72. The Morgan fingerprint density at radius 1 is 0.550 bits per heavy atom. The Morgan fingerprint density at radius 2 is 1.02 bits per heavy atom. The number of benzene rings is 4. The average Bonchev–Trinajstić information content (AvgIpc) is 3.01. The molecule has 1 atom stereocenters. The van der Waals surface area contributed by atoms with Gasteiger partial charge in [-0.2, -0.15) is 0 Å². The molecule has 1 unspecified atom stereocenters. The predicted molar refractivity (Wildman–Crippen MR) is 175 cm³/mol. The van der Waals surface area contributed by atoms with Gasteiger partial charge in [-0.15, -0.1) is 0 Å². The minimum Gasteiger partial charge on any atom is -0.334 e. The molecule has 0 radical (unpaired) electrons. The quantitative estimate of drug-likeness (QED) is 0.200. The Kier molecular flexibility index (Phi) is 9.20. The van der Waals surface area contributed by atoms with E-state index in [1.165, 1.54) is 39.2 Å². The smallest absolute Gasteiger partial charge is 0.0560 e. The van der Waals surface area contributed by atoms with Crippen molar-refractivity contribution in [3.8, 4) is 0 Å². The van der Waals surface area contributed by atoms with E-state index < -0.39 is 0 Å². The van der Waals surface area contributed by atoms with E-state index in [9.17, 15) is 0 Å². The molecule has 0 fully saturated rings. The van der Waals surface area contributed by atoms with E-state index >= 15 is 0 Å². The Morgan fingerprint density at radius 3 is 1.52 bits per heavy atom. The summed E-state index contributed by atoms with van der Waals surface area (Å²) < 4.78 is 0. The minimum absolute atomic E-state index is 0.245. The maximum absolute atomic E-state index is 2.44. The van der Waals surface area contributed by atoms with Crippen LogP contribution in [0.1, 0.15) is 28.7 Å². The van der Waals surface area contributed by atoms with Gasteiger partial charge < -0.3 is 4.90 Å². The van der Waals surface area contributed by atoms with Crippen molar-refractivity contribution in [1.29, 1.82) is 0 Å². The maximum atomic E-state index is 2.44. The number of hydrogen-bond acceptors (Lipinski definition) is 1. The first-order valence-electron chi connectivity index (χ1n) is 13.9. The van der Waals surface area contributed by atoms with Crippen LogP contribution in [-0.2, 0) is 0 Å². The van der Waals surface area contributed by atoms with Gasteiger partial charge in [0.15, 0.2) is 0 Å². The average molecular weight is 518 g/mol. The van der Waals surface area contributed by atoms with Crippen molar-refractivity contribution in [3.05, 3.63) is 186 Å². The molecule has 0 heterocycles. The van der Waals surface area contributed by atoms with Crippen molar-refractivity contribution in [2.24, 2.45) is 0 Å². The molecule has 1 nitrogen and oxygen atoms in total. The molecule has 0 saturated carbocycles. The van der Waals surface area contributed by atoms with Crippen LogP contribution in [0.5, 0.6) is 0 Å². The predicted octanol–water partition coefficient (Wildman–Crippen LogP) is 10.4. The Bertz CT molecular complexity index is 1530. The molecule has 5 rings (SSSR count). The number of allylic oxidation sites excluding steroid dienone is 7. The molecule has 1 aliphatic carbocycles. The number of rotatable bonds is 9. The lowest BCUT2D eigenvalue weighted by atomic mass is 9.99. The minimum atomic E-state index is 0.245. The third-order valence-corrected chi connectivity index (χ3v) is 6.90. The number of aryl methyl sites for hydroxylation is 1. The molecule has 0 aliphatic heterocycles. The second kappa shape index (κ2) is 13.8. The van der Waals surface area contributed by atoms with Crippen molar-refractivity contribution in [2.75, 3.05) is 4.90 Å². The molecular formula is C39H35N. The first kappa shape index (κ1) is 26.7. The van der Waals surface area contributed by atoms with Crippen molar-refractivity contribution in [2.45, 2.75) is 19.4 Å². The fraction of sp³-hybridized carbons (Fsp3) is 0.0769. The molecule has 0 amide bonds. The summed E-state index contributed by atoms with van der Waals surface area (Å²) in [4.78, 5) is 2.44. The van der Waals surface area contributed by atoms with Crippen LogP contribution in [-0.4, -0.2) is 6.04 Å². The third-order valence-electron chi connectivity index (χ3n) is 6.90. The van der Waals surface area contributed by atoms with Gasteiger partial charge in [-0.05, 0) is 59.9 Å². The van der Waals surface area contributed by atoms with E-state index in [1.54, 1.807) is 0 Å².